The zero-order chi connectivity index (χ0) is 16.7. The highest BCUT2D eigenvalue weighted by molar-refractivity contribution is 5.70. The van der Waals surface area contributed by atoms with Crippen LogP contribution in [-0.2, 0) is 0 Å². The van der Waals surface area contributed by atoms with E-state index >= 15 is 0 Å². The minimum atomic E-state index is 0.499. The van der Waals surface area contributed by atoms with E-state index in [-0.39, 0.29) is 0 Å². The maximum Gasteiger partial charge on any atom is 0.0461 e. The molecular weight excluding hydrogens is 278 g/mol. The summed E-state index contributed by atoms with van der Waals surface area (Å²) in [5, 5.41) is 0. The largest absolute Gasteiger partial charge is 0.311 e. The fourth-order valence-corrected chi connectivity index (χ4v) is 2.33. The second-order valence-corrected chi connectivity index (χ2v) is 5.94. The van der Waals surface area contributed by atoms with Crippen LogP contribution in [0.25, 0.3) is 0 Å². The topological polar surface area (TPSA) is 3.24 Å². The minimum Gasteiger partial charge on any atom is -0.311 e. The lowest BCUT2D eigenvalue weighted by atomic mass is 10.1. The highest BCUT2D eigenvalue weighted by Gasteiger charge is 2.12. The first kappa shape index (κ1) is 16.8. The van der Waals surface area contributed by atoms with E-state index in [0.717, 1.165) is 17.1 Å². The van der Waals surface area contributed by atoms with Crippen molar-refractivity contribution in [3.63, 3.8) is 0 Å². The maximum absolute atomic E-state index is 3.87. The van der Waals surface area contributed by atoms with Crippen LogP contribution in [0.15, 0.2) is 91.2 Å². The van der Waals surface area contributed by atoms with Crippen LogP contribution in [0.5, 0.6) is 0 Å². The predicted molar refractivity (Wildman–Crippen MR) is 102 cm³/mol. The SMILES string of the molecule is C=C/C=C(\C=C/C(C)C)N(c1ccccc1)c1ccc(C)cc1. The van der Waals surface area contributed by atoms with Gasteiger partial charge in [-0.15, -0.1) is 0 Å². The predicted octanol–water partition coefficient (Wildman–Crippen LogP) is 6.42. The Kier molecular flexibility index (Phi) is 5.99. The van der Waals surface area contributed by atoms with E-state index in [1.54, 1.807) is 0 Å². The summed E-state index contributed by atoms with van der Waals surface area (Å²) in [5.74, 6) is 0.499. The molecule has 0 saturated heterocycles. The molecule has 0 radical (unpaired) electrons. The third kappa shape index (κ3) is 4.72. The van der Waals surface area contributed by atoms with Gasteiger partial charge in [-0.2, -0.15) is 0 Å². The number of hydrogen-bond donors (Lipinski definition) is 0. The molecule has 0 N–H and O–H groups in total. The van der Waals surface area contributed by atoms with Gasteiger partial charge in [0, 0.05) is 17.1 Å². The Morgan fingerprint density at radius 2 is 1.57 bits per heavy atom. The molecule has 0 aliphatic carbocycles. The fourth-order valence-electron chi connectivity index (χ4n) is 2.33. The molecule has 0 unspecified atom stereocenters. The number of benzene rings is 2. The summed E-state index contributed by atoms with van der Waals surface area (Å²) >= 11 is 0. The summed E-state index contributed by atoms with van der Waals surface area (Å²) in [6.07, 6.45) is 8.26. The Bertz CT molecular complexity index is 676. The average Bonchev–Trinajstić information content (AvgIpc) is 2.55. The lowest BCUT2D eigenvalue weighted by Gasteiger charge is -2.26. The summed E-state index contributed by atoms with van der Waals surface area (Å²) < 4.78 is 0. The summed E-state index contributed by atoms with van der Waals surface area (Å²) in [7, 11) is 0. The van der Waals surface area contributed by atoms with E-state index in [1.807, 2.05) is 18.2 Å². The lowest BCUT2D eigenvalue weighted by Crippen LogP contribution is -2.15. The van der Waals surface area contributed by atoms with Crippen LogP contribution in [-0.4, -0.2) is 0 Å². The molecule has 0 spiro atoms. The minimum absolute atomic E-state index is 0.499. The van der Waals surface area contributed by atoms with Gasteiger partial charge >= 0.3 is 0 Å². The number of anilines is 2. The molecule has 0 atom stereocenters. The van der Waals surface area contributed by atoms with Gasteiger partial charge in [0.1, 0.15) is 0 Å². The van der Waals surface area contributed by atoms with E-state index < -0.39 is 0 Å². The van der Waals surface area contributed by atoms with E-state index in [0.29, 0.717) is 5.92 Å². The van der Waals surface area contributed by atoms with Gasteiger partial charge in [0.05, 0.1) is 0 Å². The molecule has 1 nitrogen and oxygen atoms in total. The zero-order valence-electron chi connectivity index (χ0n) is 14.2. The molecule has 23 heavy (non-hydrogen) atoms. The van der Waals surface area contributed by atoms with Crippen molar-refractivity contribution in [1.29, 1.82) is 0 Å². The normalized spacial score (nSPS) is 11.9. The molecular formula is C22H25N. The van der Waals surface area contributed by atoms with Crippen molar-refractivity contribution in [1.82, 2.24) is 0 Å². The Morgan fingerprint density at radius 1 is 0.957 bits per heavy atom. The third-order valence-corrected chi connectivity index (χ3v) is 3.51. The number of allylic oxidation sites excluding steroid dienone is 4. The summed E-state index contributed by atoms with van der Waals surface area (Å²) in [5.41, 5.74) is 4.64. The first-order valence-corrected chi connectivity index (χ1v) is 8.04. The van der Waals surface area contributed by atoms with Gasteiger partial charge in [0.15, 0.2) is 0 Å². The van der Waals surface area contributed by atoms with Crippen LogP contribution in [0.3, 0.4) is 0 Å². The van der Waals surface area contributed by atoms with E-state index in [1.165, 1.54) is 5.56 Å². The lowest BCUT2D eigenvalue weighted by molar-refractivity contribution is 0.830. The van der Waals surface area contributed by atoms with E-state index in [9.17, 15) is 0 Å². The molecule has 0 aromatic heterocycles. The van der Waals surface area contributed by atoms with Crippen LogP contribution < -0.4 is 4.90 Å². The van der Waals surface area contributed by atoms with Crippen molar-refractivity contribution >= 4 is 11.4 Å². The number of rotatable bonds is 6. The molecule has 0 bridgehead atoms. The molecule has 0 aliphatic heterocycles. The standard InChI is InChI=1S/C22H25N/c1-5-9-20(15-12-18(2)3)23(21-10-7-6-8-11-21)22-16-13-19(4)14-17-22/h5-18H,1H2,2-4H3/b15-12-,20-9+. The molecule has 0 fully saturated rings. The van der Waals surface area contributed by atoms with E-state index in [2.05, 4.69) is 92.9 Å². The second kappa shape index (κ2) is 8.19. The number of para-hydroxylation sites is 1. The Labute approximate surface area is 140 Å². The van der Waals surface area contributed by atoms with Gasteiger partial charge < -0.3 is 4.90 Å². The van der Waals surface area contributed by atoms with Crippen molar-refractivity contribution in [3.05, 3.63) is 96.7 Å². The van der Waals surface area contributed by atoms with Gasteiger partial charge in [-0.1, -0.05) is 68.5 Å². The quantitative estimate of drug-likeness (QED) is 0.557. The monoisotopic (exact) mass is 303 g/mol. The van der Waals surface area contributed by atoms with Crippen LogP contribution >= 0.6 is 0 Å². The van der Waals surface area contributed by atoms with Crippen molar-refractivity contribution in [3.8, 4) is 0 Å². The first-order chi connectivity index (χ1) is 11.1. The molecule has 0 saturated carbocycles. The Hall–Kier alpha value is -2.54. The smallest absolute Gasteiger partial charge is 0.0461 e. The van der Waals surface area contributed by atoms with Gasteiger partial charge in [0.2, 0.25) is 0 Å². The van der Waals surface area contributed by atoms with Crippen molar-refractivity contribution in [2.24, 2.45) is 5.92 Å². The van der Waals surface area contributed by atoms with Gasteiger partial charge in [-0.25, -0.2) is 0 Å². The first-order valence-electron chi connectivity index (χ1n) is 8.04. The molecule has 0 aliphatic rings. The average molecular weight is 303 g/mol. The van der Waals surface area contributed by atoms with Crippen LogP contribution in [0.1, 0.15) is 19.4 Å². The molecule has 0 amide bonds. The molecule has 2 rings (SSSR count). The number of hydrogen-bond acceptors (Lipinski definition) is 1. The van der Waals surface area contributed by atoms with Crippen molar-refractivity contribution in [2.75, 3.05) is 4.90 Å². The Balaban J connectivity index is 2.53. The second-order valence-electron chi connectivity index (χ2n) is 5.94. The molecule has 2 aromatic carbocycles. The maximum atomic E-state index is 3.87. The van der Waals surface area contributed by atoms with Crippen LogP contribution in [0.2, 0.25) is 0 Å². The van der Waals surface area contributed by atoms with Gasteiger partial charge in [-0.05, 0) is 49.3 Å². The van der Waals surface area contributed by atoms with Crippen molar-refractivity contribution in [2.45, 2.75) is 20.8 Å². The zero-order valence-corrected chi connectivity index (χ0v) is 14.2. The van der Waals surface area contributed by atoms with Crippen LogP contribution in [0.4, 0.5) is 11.4 Å². The summed E-state index contributed by atoms with van der Waals surface area (Å²) in [6, 6.07) is 19.0. The van der Waals surface area contributed by atoms with Gasteiger partial charge in [0.25, 0.3) is 0 Å². The van der Waals surface area contributed by atoms with Gasteiger partial charge in [-0.3, -0.25) is 0 Å². The molecule has 118 valence electrons. The van der Waals surface area contributed by atoms with Crippen LogP contribution in [0, 0.1) is 12.8 Å². The molecule has 2 aromatic rings. The highest BCUT2D eigenvalue weighted by atomic mass is 15.1. The third-order valence-electron chi connectivity index (χ3n) is 3.51. The Morgan fingerprint density at radius 3 is 2.13 bits per heavy atom. The highest BCUT2D eigenvalue weighted by Crippen LogP contribution is 2.30. The summed E-state index contributed by atoms with van der Waals surface area (Å²) in [6.45, 7) is 10.3. The van der Waals surface area contributed by atoms with E-state index in [4.69, 9.17) is 0 Å². The molecule has 0 heterocycles. The number of aryl methyl sites for hydroxylation is 1. The number of nitrogens with zero attached hydrogens (tertiary/aromatic N) is 1. The molecule has 1 heteroatoms. The summed E-state index contributed by atoms with van der Waals surface area (Å²) in [4.78, 5) is 2.25. The van der Waals surface area contributed by atoms with Crippen molar-refractivity contribution < 1.29 is 0 Å². The fraction of sp³-hybridized carbons (Fsp3) is 0.182.